The number of benzene rings is 9. The Morgan fingerprint density at radius 1 is 0.323 bits per heavy atom. The average Bonchev–Trinajstić information content (AvgIpc) is 1.71. The SMILES string of the molecule is [2H]c1c([2H])c([2H])c(-c2c([2H])c([2H])c3c4c([2H])c([2H])c([2H])c([2H])c4n(-c4nc(-c5cccc(-c6ccccc6-c6ccccc6-c6ccccc6)c5)nc(-n5c6c([2H])c([2H])c([2H])c([2H])c6c6c([2H])c([2H])c([2H])c([2H])c65)n4)c3c2[2H])c([2H])c1[2H]. The second-order valence-corrected chi connectivity index (χ2v) is 14.1. The zero-order valence-electron chi connectivity index (χ0n) is 52.1. The maximum atomic E-state index is 9.95. The highest BCUT2D eigenvalue weighted by atomic mass is 15.3. The molecule has 0 unspecified atom stereocenters. The molecule has 0 aliphatic rings. The van der Waals surface area contributed by atoms with Crippen LogP contribution in [0.25, 0.3) is 111 Å². The molecule has 0 bridgehead atoms. The van der Waals surface area contributed by atoms with Crippen molar-refractivity contribution in [3.05, 3.63) is 224 Å². The molecule has 0 atom stereocenters. The number of para-hydroxylation sites is 3. The molecule has 62 heavy (non-hydrogen) atoms. The van der Waals surface area contributed by atoms with Gasteiger partial charge in [-0.15, -0.1) is 0 Å². The Labute approximate surface area is 386 Å². The molecule has 12 aromatic rings. The van der Waals surface area contributed by atoms with Crippen LogP contribution in [-0.4, -0.2) is 24.1 Å². The Bertz CT molecular complexity index is 4720. The van der Waals surface area contributed by atoms with E-state index in [4.69, 9.17) is 32.8 Å². The highest BCUT2D eigenvalue weighted by Gasteiger charge is 2.21. The van der Waals surface area contributed by atoms with Crippen LogP contribution in [0.15, 0.2) is 224 Å². The van der Waals surface area contributed by atoms with Crippen LogP contribution in [0.1, 0.15) is 27.4 Å². The molecule has 0 amide bonds. The van der Waals surface area contributed by atoms with Crippen LogP contribution >= 0.6 is 0 Å². The van der Waals surface area contributed by atoms with E-state index in [1.807, 2.05) is 84.9 Å². The third-order valence-corrected chi connectivity index (χ3v) is 10.6. The van der Waals surface area contributed by atoms with Gasteiger partial charge >= 0.3 is 0 Å². The summed E-state index contributed by atoms with van der Waals surface area (Å²) >= 11 is 0. The Morgan fingerprint density at radius 3 is 1.40 bits per heavy atom. The van der Waals surface area contributed by atoms with E-state index in [0.29, 0.717) is 5.56 Å². The fraction of sp³-hybridized carbons (Fsp3) is 0. The number of fused-ring (bicyclic) bond motifs is 6. The molecule has 0 N–H and O–H groups in total. The van der Waals surface area contributed by atoms with Crippen molar-refractivity contribution >= 4 is 43.6 Å². The van der Waals surface area contributed by atoms with Crippen LogP contribution in [-0.2, 0) is 0 Å². The third-order valence-electron chi connectivity index (χ3n) is 10.6. The molecule has 0 radical (unpaired) electrons. The topological polar surface area (TPSA) is 48.5 Å². The zero-order valence-corrected chi connectivity index (χ0v) is 32.1. The number of rotatable bonds is 7. The second kappa shape index (κ2) is 14.7. The number of nitrogens with zero attached hydrogens (tertiary/aromatic N) is 5. The minimum Gasteiger partial charge on any atom is -0.278 e. The molecular weight excluding hydrogens is 755 g/mol. The zero-order chi connectivity index (χ0) is 58.4. The van der Waals surface area contributed by atoms with E-state index in [1.165, 1.54) is 0 Å². The maximum absolute atomic E-state index is 9.95. The van der Waals surface area contributed by atoms with E-state index in [9.17, 15) is 9.60 Å². The summed E-state index contributed by atoms with van der Waals surface area (Å²) in [5.41, 5.74) is 2.27. The average molecular weight is 812 g/mol. The molecule has 0 saturated carbocycles. The number of hydrogen-bond acceptors (Lipinski definition) is 3. The van der Waals surface area contributed by atoms with Gasteiger partial charge in [0.25, 0.3) is 0 Å². The van der Waals surface area contributed by atoms with Gasteiger partial charge in [0, 0.05) is 27.1 Å². The molecule has 0 spiro atoms. The summed E-state index contributed by atoms with van der Waals surface area (Å²) in [6.45, 7) is 0. The minimum atomic E-state index is -0.825. The fourth-order valence-electron chi connectivity index (χ4n) is 7.90. The van der Waals surface area contributed by atoms with Gasteiger partial charge in [-0.2, -0.15) is 15.0 Å². The van der Waals surface area contributed by atoms with Gasteiger partial charge < -0.3 is 0 Å². The van der Waals surface area contributed by atoms with Crippen molar-refractivity contribution in [3.63, 3.8) is 0 Å². The lowest BCUT2D eigenvalue weighted by Gasteiger charge is -2.16. The first-order chi connectivity index (χ1) is 39.1. The van der Waals surface area contributed by atoms with Gasteiger partial charge in [0.05, 0.1) is 49.5 Å². The molecule has 0 aliphatic carbocycles. The molecule has 9 aromatic carbocycles. The van der Waals surface area contributed by atoms with Crippen molar-refractivity contribution in [2.45, 2.75) is 0 Å². The molecule has 0 saturated heterocycles. The maximum Gasteiger partial charge on any atom is 0.240 e. The Morgan fingerprint density at radius 2 is 0.790 bits per heavy atom. The predicted octanol–water partition coefficient (Wildman–Crippen LogP) is 14.4. The van der Waals surface area contributed by atoms with Crippen LogP contribution < -0.4 is 0 Å². The summed E-state index contributed by atoms with van der Waals surface area (Å²) in [6.07, 6.45) is 0. The molecule has 0 fully saturated rings. The molecule has 12 rings (SSSR count). The largest absolute Gasteiger partial charge is 0.278 e. The van der Waals surface area contributed by atoms with Crippen molar-refractivity contribution in [2.24, 2.45) is 0 Å². The summed E-state index contributed by atoms with van der Waals surface area (Å²) < 4.78 is 182. The first kappa shape index (κ1) is 20.7. The normalized spacial score (nSPS) is 16.1. The molecule has 0 aliphatic heterocycles. The summed E-state index contributed by atoms with van der Waals surface area (Å²) in [6, 6.07) is 17.2. The fourth-order valence-corrected chi connectivity index (χ4v) is 7.90. The summed E-state index contributed by atoms with van der Waals surface area (Å²) in [4.78, 5) is 14.7. The summed E-state index contributed by atoms with van der Waals surface area (Å²) in [7, 11) is 0. The van der Waals surface area contributed by atoms with Gasteiger partial charge in [0.2, 0.25) is 11.9 Å². The van der Waals surface area contributed by atoms with Gasteiger partial charge in [-0.25, -0.2) is 0 Å². The highest BCUT2D eigenvalue weighted by Crippen LogP contribution is 2.40. The Hall–Kier alpha value is -8.41. The molecule has 5 nitrogen and oxygen atoms in total. The monoisotopic (exact) mass is 811 g/mol. The smallest absolute Gasteiger partial charge is 0.240 e. The van der Waals surface area contributed by atoms with E-state index >= 15 is 0 Å². The van der Waals surface area contributed by atoms with E-state index in [-0.39, 0.29) is 22.2 Å². The van der Waals surface area contributed by atoms with Crippen molar-refractivity contribution in [1.29, 1.82) is 0 Å². The Balaban J connectivity index is 1.25. The van der Waals surface area contributed by atoms with Crippen molar-refractivity contribution < 1.29 is 27.4 Å². The predicted molar refractivity (Wildman–Crippen MR) is 256 cm³/mol. The van der Waals surface area contributed by atoms with Gasteiger partial charge in [-0.05, 0) is 74.7 Å². The summed E-state index contributed by atoms with van der Waals surface area (Å²) in [5.74, 6) is -1.40. The van der Waals surface area contributed by atoms with E-state index < -0.39 is 177 Å². The number of hydrogen-bond donors (Lipinski definition) is 0. The first-order valence-electron chi connectivity index (χ1n) is 29.3. The van der Waals surface area contributed by atoms with Crippen molar-refractivity contribution in [3.8, 4) is 67.8 Å². The van der Waals surface area contributed by atoms with Crippen molar-refractivity contribution in [1.82, 2.24) is 24.1 Å². The van der Waals surface area contributed by atoms with Gasteiger partial charge in [0.1, 0.15) is 0 Å². The second-order valence-electron chi connectivity index (χ2n) is 14.1. The standard InChI is InChI=1S/C57H37N5/c1-3-18-38(19-4-1)40-34-35-50-49-30-13-16-33-53(49)62(54(50)37-40)57-59-55(58-56(60-57)61-51-31-14-11-28-47(51)48-29-12-15-32-52(48)61)42-23-17-22-41(36-42)44-25-8-10-27-46(44)45-26-9-7-24-43(45)39-20-5-2-6-21-39/h1-37H/i1D,3D,4D,11D,12D,13D,14D,15D,16D,18D,19D,28D,29D,30D,31D,32D,33D,34D,35D,37D. The van der Waals surface area contributed by atoms with Crippen LogP contribution in [0.2, 0.25) is 0 Å². The molecule has 3 heterocycles. The van der Waals surface area contributed by atoms with E-state index in [2.05, 4.69) is 0 Å². The van der Waals surface area contributed by atoms with E-state index in [1.54, 1.807) is 18.2 Å². The number of aromatic nitrogens is 5. The first-order valence-corrected chi connectivity index (χ1v) is 19.3. The lowest BCUT2D eigenvalue weighted by atomic mass is 9.89. The lowest BCUT2D eigenvalue weighted by molar-refractivity contribution is 0.893. The van der Waals surface area contributed by atoms with Gasteiger partial charge in [-0.3, -0.25) is 9.13 Å². The molecule has 3 aromatic heterocycles. The molecular formula is C57H37N5. The molecule has 290 valence electrons. The minimum absolute atomic E-state index is 0.237. The third kappa shape index (κ3) is 5.90. The van der Waals surface area contributed by atoms with Crippen LogP contribution in [0.4, 0.5) is 0 Å². The summed E-state index contributed by atoms with van der Waals surface area (Å²) in [5, 5.41) is -1.45. The van der Waals surface area contributed by atoms with Crippen LogP contribution in [0.5, 0.6) is 0 Å². The van der Waals surface area contributed by atoms with Crippen molar-refractivity contribution in [2.75, 3.05) is 0 Å². The quantitative estimate of drug-likeness (QED) is 0.161. The highest BCUT2D eigenvalue weighted by molar-refractivity contribution is 6.11. The van der Waals surface area contributed by atoms with Crippen LogP contribution in [0, 0.1) is 0 Å². The van der Waals surface area contributed by atoms with Gasteiger partial charge in [0.15, 0.2) is 5.82 Å². The van der Waals surface area contributed by atoms with E-state index in [0.717, 1.165) is 37.0 Å². The Kier molecular flexibility index (Phi) is 4.91. The lowest BCUT2D eigenvalue weighted by Crippen LogP contribution is -2.10. The van der Waals surface area contributed by atoms with Gasteiger partial charge in [-0.1, -0.05) is 194 Å². The van der Waals surface area contributed by atoms with Crippen LogP contribution in [0.3, 0.4) is 0 Å². The molecule has 5 heteroatoms.